The van der Waals surface area contributed by atoms with Gasteiger partial charge in [-0.25, -0.2) is 0 Å². The normalized spacial score (nSPS) is 20.4. The number of halogens is 4. The fraction of sp³-hybridized carbons (Fsp3) is 0.278. The quantitative estimate of drug-likeness (QED) is 0.158. The van der Waals surface area contributed by atoms with Crippen LogP contribution in [0.1, 0.15) is 60.8 Å². The van der Waals surface area contributed by atoms with Gasteiger partial charge in [0.05, 0.1) is 0 Å². The number of aromatic hydroxyl groups is 2. The zero-order valence-electron chi connectivity index (χ0n) is 25.0. The Hall–Kier alpha value is 0.723. The maximum absolute atomic E-state index is 10.8. The fourth-order valence-electron chi connectivity index (χ4n) is 5.35. The van der Waals surface area contributed by atoms with Gasteiger partial charge >= 0.3 is 256 Å². The summed E-state index contributed by atoms with van der Waals surface area (Å²) < 4.78 is 4.43. The van der Waals surface area contributed by atoms with Gasteiger partial charge in [-0.3, -0.25) is 0 Å². The Bertz CT molecular complexity index is 1530. The second kappa shape index (κ2) is 19.8. The molecule has 6 rings (SSSR count). The number of phenolic OH excluding ortho intramolecular Hbond substituents is 2. The first-order chi connectivity index (χ1) is 21.6. The maximum atomic E-state index is 10.8. The van der Waals surface area contributed by atoms with Gasteiger partial charge in [0.15, 0.2) is 0 Å². The van der Waals surface area contributed by atoms with Gasteiger partial charge in [0.2, 0.25) is 0 Å². The third-order valence-corrected chi connectivity index (χ3v) is 32.3. The van der Waals surface area contributed by atoms with Crippen molar-refractivity contribution in [3.8, 4) is 11.5 Å². The Kier molecular flexibility index (Phi) is 16.9. The van der Waals surface area contributed by atoms with Crippen molar-refractivity contribution in [1.29, 1.82) is 0 Å². The predicted molar refractivity (Wildman–Crippen MR) is 227 cm³/mol. The molecule has 1 fully saturated rings. The number of benzene rings is 4. The van der Waals surface area contributed by atoms with E-state index < -0.39 is 19.2 Å². The Balaban J connectivity index is 0.000000269. The summed E-state index contributed by atoms with van der Waals surface area (Å²) >= 11 is 8.69. The Labute approximate surface area is 336 Å². The maximum Gasteiger partial charge on any atom is -0.0866 e. The number of phenols is 2. The molecule has 1 aliphatic heterocycles. The molecule has 2 aliphatic rings. The molecular weight excluding hydrogens is 1130 g/mol. The molecule has 45 heavy (non-hydrogen) atoms. The molecule has 240 valence electrons. The Morgan fingerprint density at radius 1 is 0.600 bits per heavy atom. The summed E-state index contributed by atoms with van der Waals surface area (Å²) in [5.74, 6) is 3.22. The van der Waals surface area contributed by atoms with E-state index in [0.717, 1.165) is 40.3 Å². The van der Waals surface area contributed by atoms with Crippen molar-refractivity contribution in [1.82, 2.24) is 0 Å². The van der Waals surface area contributed by atoms with Crippen LogP contribution >= 0.6 is 105 Å². The first-order valence-electron chi connectivity index (χ1n) is 14.9. The SMILES string of the molecule is Oc1c(I)cc(I)cc1C[S]1=[Zr]=[S@@](Cc2cc(I)cc(I)c2O)C2CCCCCC[C@@H]21.[CH2-]c1ccccc1.[CH2-]c1ccccc1. The summed E-state index contributed by atoms with van der Waals surface area (Å²) in [7, 11) is 0.938. The van der Waals surface area contributed by atoms with Gasteiger partial charge in [-0.15, -0.1) is 24.3 Å². The predicted octanol–water partition coefficient (Wildman–Crippen LogP) is 12.5. The van der Waals surface area contributed by atoms with Crippen molar-refractivity contribution in [2.75, 3.05) is 0 Å². The molecule has 4 aromatic carbocycles. The van der Waals surface area contributed by atoms with E-state index in [0.29, 0.717) is 25.7 Å². The molecule has 0 amide bonds. The summed E-state index contributed by atoms with van der Waals surface area (Å²) in [5.41, 5.74) is 4.50. The minimum Gasteiger partial charge on any atom is -0.199 e. The molecule has 4 aromatic rings. The van der Waals surface area contributed by atoms with Gasteiger partial charge < -0.3 is 0 Å². The molecule has 0 bridgehead atoms. The van der Waals surface area contributed by atoms with Crippen LogP contribution in [-0.2, 0) is 30.7 Å². The number of hydrogen-bond acceptors (Lipinski definition) is 2. The smallest absolute Gasteiger partial charge is 0.0866 e. The van der Waals surface area contributed by atoms with E-state index in [1.807, 2.05) is 60.7 Å². The van der Waals surface area contributed by atoms with Crippen molar-refractivity contribution in [3.63, 3.8) is 0 Å². The van der Waals surface area contributed by atoms with Crippen molar-refractivity contribution in [2.24, 2.45) is 0 Å². The number of fused-ring (bicyclic) bond motifs is 1. The third kappa shape index (κ3) is 12.2. The monoisotopic (exact) mass is 1160 g/mol. The van der Waals surface area contributed by atoms with E-state index in [1.165, 1.54) is 56.8 Å². The second-order valence-corrected chi connectivity index (χ2v) is 31.5. The van der Waals surface area contributed by atoms with Crippen LogP contribution in [0.15, 0.2) is 84.9 Å². The molecule has 2 N–H and O–H groups in total. The van der Waals surface area contributed by atoms with Crippen LogP contribution in [0.3, 0.4) is 0 Å². The van der Waals surface area contributed by atoms with Crippen molar-refractivity contribution < 1.29 is 29.4 Å². The summed E-state index contributed by atoms with van der Waals surface area (Å²) in [6, 6.07) is 28.3. The van der Waals surface area contributed by atoms with Crippen molar-refractivity contribution in [2.45, 2.75) is 60.5 Å². The summed E-state index contributed by atoms with van der Waals surface area (Å²) in [5, 5.41) is 23.2. The van der Waals surface area contributed by atoms with Crippen LogP contribution in [0.5, 0.6) is 11.5 Å². The van der Waals surface area contributed by atoms with Crippen LogP contribution in [0.2, 0.25) is 0 Å². The first kappa shape index (κ1) is 38.5. The van der Waals surface area contributed by atoms with E-state index >= 15 is 0 Å². The molecule has 0 saturated heterocycles. The molecule has 9 heteroatoms. The molecule has 0 aromatic heterocycles. The van der Waals surface area contributed by atoms with Crippen LogP contribution in [-0.4, -0.2) is 20.7 Å². The summed E-state index contributed by atoms with van der Waals surface area (Å²) in [4.78, 5) is 0. The van der Waals surface area contributed by atoms with E-state index in [9.17, 15) is 10.2 Å². The van der Waals surface area contributed by atoms with Gasteiger partial charge in [-0.2, -0.15) is 49.2 Å². The number of hydrogen-bond donors (Lipinski definition) is 2. The third-order valence-electron chi connectivity index (χ3n) is 7.61. The van der Waals surface area contributed by atoms with Gasteiger partial charge in [0.1, 0.15) is 0 Å². The molecule has 2 nitrogen and oxygen atoms in total. The average Bonchev–Trinajstić information content (AvgIpc) is 3.29. The second-order valence-electron chi connectivity index (χ2n) is 11.1. The van der Waals surface area contributed by atoms with Crippen LogP contribution in [0, 0.1) is 28.1 Å². The van der Waals surface area contributed by atoms with Crippen molar-refractivity contribution in [3.05, 3.63) is 135 Å². The molecule has 2 unspecified atom stereocenters. The molecule has 0 spiro atoms. The van der Waals surface area contributed by atoms with Crippen LogP contribution < -0.4 is 0 Å². The largest absolute Gasteiger partial charge is 0.199 e. The topological polar surface area (TPSA) is 40.5 Å². The molecule has 1 aliphatic carbocycles. The standard InChI is InChI=1S/C22H24I4O2S2.2C7H7.Zr/c23-15-7-13(21(27)17(25)9-15)11-29-19-5-3-1-2-4-6-20(19)30-12-14-8-16(24)10-18(26)22(14)28;2*1-7-5-3-2-4-6-7;/h7-10,19-20,27-28H,1-6,11-12H2;2*2-6H,1H2;/q;2*-1;/t19-,20?;;;/m0.../s1. The van der Waals surface area contributed by atoms with Gasteiger partial charge in [-0.1, -0.05) is 12.1 Å². The minimum absolute atomic E-state index is 0.469. The van der Waals surface area contributed by atoms with E-state index in [2.05, 4.69) is 128 Å². The van der Waals surface area contributed by atoms with Gasteiger partial charge in [0, 0.05) is 0 Å². The van der Waals surface area contributed by atoms with E-state index in [-0.39, 0.29) is 0 Å². The Morgan fingerprint density at radius 2 is 0.978 bits per heavy atom. The fourth-order valence-corrected chi connectivity index (χ4v) is 38.2. The summed E-state index contributed by atoms with van der Waals surface area (Å²) in [6.45, 7) is 7.44. The molecular formula is C36H38I4O2S2Zr-2. The van der Waals surface area contributed by atoms with Crippen LogP contribution in [0.4, 0.5) is 0 Å². The zero-order chi connectivity index (χ0) is 32.3. The van der Waals surface area contributed by atoms with Gasteiger partial charge in [-0.05, 0) is 0 Å². The van der Waals surface area contributed by atoms with E-state index in [1.54, 1.807) is 0 Å². The molecule has 1 heterocycles. The molecule has 1 saturated carbocycles. The minimum atomic E-state index is -0.628. The van der Waals surface area contributed by atoms with E-state index in [4.69, 9.17) is 0 Å². The molecule has 0 radical (unpaired) electrons. The first-order valence-corrected chi connectivity index (χ1v) is 28.1. The number of rotatable bonds is 4. The average molecular weight is 1170 g/mol. The summed E-state index contributed by atoms with van der Waals surface area (Å²) in [6.07, 6.45) is 8.31. The Morgan fingerprint density at radius 3 is 1.31 bits per heavy atom. The van der Waals surface area contributed by atoms with Crippen molar-refractivity contribution >= 4 is 105 Å². The van der Waals surface area contributed by atoms with Crippen LogP contribution in [0.25, 0.3) is 0 Å². The molecule has 4 atom stereocenters. The van der Waals surface area contributed by atoms with Gasteiger partial charge in [0.25, 0.3) is 0 Å². The zero-order valence-corrected chi connectivity index (χ0v) is 37.8.